The summed E-state index contributed by atoms with van der Waals surface area (Å²) in [6, 6.07) is 7.26. The van der Waals surface area contributed by atoms with Crippen LogP contribution < -0.4 is 9.80 Å². The van der Waals surface area contributed by atoms with E-state index in [-0.39, 0.29) is 42.0 Å². The molecule has 1 spiro atoms. The van der Waals surface area contributed by atoms with Crippen LogP contribution in [0.3, 0.4) is 0 Å². The summed E-state index contributed by atoms with van der Waals surface area (Å²) in [6.45, 7) is 19.5. The fourth-order valence-corrected chi connectivity index (χ4v) is 9.93. The van der Waals surface area contributed by atoms with Gasteiger partial charge in [-0.15, -0.1) is 24.9 Å². The van der Waals surface area contributed by atoms with Gasteiger partial charge in [-0.3, -0.25) is 14.4 Å². The van der Waals surface area contributed by atoms with E-state index in [2.05, 4.69) is 38.8 Å². The number of hydrogen-bond acceptors (Lipinski definition) is 6. The molecule has 4 rings (SSSR count). The number of anilines is 2. The van der Waals surface area contributed by atoms with Gasteiger partial charge in [0.1, 0.15) is 6.04 Å². The van der Waals surface area contributed by atoms with Gasteiger partial charge >= 0.3 is 0 Å². The number of thioether (sulfide) groups is 1. The first kappa shape index (κ1) is 32.1. The molecule has 0 radical (unpaired) electrons. The number of fused-ring (bicyclic) bond motifs is 1. The normalized spacial score (nSPS) is 27.6. The summed E-state index contributed by atoms with van der Waals surface area (Å²) in [4.78, 5) is 50.6. The Kier molecular flexibility index (Phi) is 10.5. The molecule has 0 aliphatic carbocycles. The van der Waals surface area contributed by atoms with Gasteiger partial charge in [0.2, 0.25) is 11.8 Å². The molecule has 6 atom stereocenters. The molecule has 3 fully saturated rings. The summed E-state index contributed by atoms with van der Waals surface area (Å²) in [5.41, 5.74) is 1.84. The smallest absolute Gasteiger partial charge is 0.251 e. The maximum absolute atomic E-state index is 14.8. The standard InChI is InChI=1S/C33H48N4O4S/c1-7-17-35(18-8-2)30(39)27-26-22-23(6)33(42-26)28(27)31(40)37(20-12-21-38)29(33)32(41)36(19-9-3)25-15-13-24(14-16-25)34(10-4)11-5/h7,9,13-16,23,26-29,38H,1,3,8,10-12,17-22H2,2,4-6H3/t23?,26-,27+,28-,29?,33?/m0/s1. The Hall–Kier alpha value is -2.78. The minimum absolute atomic E-state index is 0.00785. The Morgan fingerprint density at radius 1 is 1.07 bits per heavy atom. The second kappa shape index (κ2) is 13.7. The Morgan fingerprint density at radius 2 is 1.71 bits per heavy atom. The topological polar surface area (TPSA) is 84.4 Å². The first-order chi connectivity index (χ1) is 20.2. The number of nitrogens with zero attached hydrogens (tertiary/aromatic N) is 4. The van der Waals surface area contributed by atoms with E-state index in [1.165, 1.54) is 0 Å². The van der Waals surface area contributed by atoms with E-state index in [4.69, 9.17) is 0 Å². The molecule has 2 bridgehead atoms. The lowest BCUT2D eigenvalue weighted by Gasteiger charge is -2.41. The summed E-state index contributed by atoms with van der Waals surface area (Å²) in [7, 11) is 0. The van der Waals surface area contributed by atoms with Crippen LogP contribution in [0.5, 0.6) is 0 Å². The van der Waals surface area contributed by atoms with Crippen LogP contribution in [0.1, 0.15) is 47.0 Å². The van der Waals surface area contributed by atoms with Crippen molar-refractivity contribution in [2.75, 3.05) is 55.7 Å². The second-order valence-electron chi connectivity index (χ2n) is 11.7. The first-order valence-electron chi connectivity index (χ1n) is 15.5. The van der Waals surface area contributed by atoms with E-state index >= 15 is 0 Å². The van der Waals surface area contributed by atoms with Crippen molar-refractivity contribution >= 4 is 40.9 Å². The van der Waals surface area contributed by atoms with Crippen molar-refractivity contribution in [1.29, 1.82) is 0 Å². The van der Waals surface area contributed by atoms with E-state index < -0.39 is 22.6 Å². The predicted octanol–water partition coefficient (Wildman–Crippen LogP) is 4.20. The highest BCUT2D eigenvalue weighted by atomic mass is 32.2. The SMILES string of the molecule is C=CCN(CCC)C(=O)[C@@H]1[C@@H]2CC(C)C3(S2)C(C(=O)N(CC=C)c2ccc(N(CC)CC)cc2)N(CCCO)C(=O)[C@H]13. The molecule has 3 amide bonds. The molecule has 1 aromatic rings. The highest BCUT2D eigenvalue weighted by Crippen LogP contribution is 2.69. The Bertz CT molecular complexity index is 1160. The van der Waals surface area contributed by atoms with Crippen LogP contribution in [0.2, 0.25) is 0 Å². The van der Waals surface area contributed by atoms with Crippen LogP contribution >= 0.6 is 11.8 Å². The second-order valence-corrected chi connectivity index (χ2v) is 13.2. The first-order valence-corrected chi connectivity index (χ1v) is 16.4. The Morgan fingerprint density at radius 3 is 2.29 bits per heavy atom. The van der Waals surface area contributed by atoms with Crippen LogP contribution in [0.4, 0.5) is 11.4 Å². The van der Waals surface area contributed by atoms with E-state index in [9.17, 15) is 19.5 Å². The number of likely N-dealkylation sites (tertiary alicyclic amines) is 1. The van der Waals surface area contributed by atoms with Crippen LogP contribution in [0.25, 0.3) is 0 Å². The highest BCUT2D eigenvalue weighted by molar-refractivity contribution is 8.02. The van der Waals surface area contributed by atoms with E-state index in [0.29, 0.717) is 26.1 Å². The quantitative estimate of drug-likeness (QED) is 0.306. The Balaban J connectivity index is 1.76. The fourth-order valence-electron chi connectivity index (χ4n) is 7.52. The van der Waals surface area contributed by atoms with Crippen LogP contribution in [0, 0.1) is 17.8 Å². The van der Waals surface area contributed by atoms with Crippen molar-refractivity contribution in [3.8, 4) is 0 Å². The number of amides is 3. The number of benzene rings is 1. The molecule has 0 aromatic heterocycles. The monoisotopic (exact) mass is 596 g/mol. The number of rotatable bonds is 15. The molecule has 3 saturated heterocycles. The number of carbonyl (C=O) groups is 3. The molecule has 8 nitrogen and oxygen atoms in total. The minimum Gasteiger partial charge on any atom is -0.396 e. The van der Waals surface area contributed by atoms with Crippen molar-refractivity contribution in [1.82, 2.24) is 9.80 Å². The number of aliphatic hydroxyl groups is 1. The van der Waals surface area contributed by atoms with E-state index in [1.54, 1.807) is 33.7 Å². The van der Waals surface area contributed by atoms with Gasteiger partial charge in [-0.1, -0.05) is 26.0 Å². The van der Waals surface area contributed by atoms with Crippen molar-refractivity contribution in [2.45, 2.75) is 63.0 Å². The lowest BCUT2D eigenvalue weighted by molar-refractivity contribution is -0.144. The minimum atomic E-state index is -0.731. The summed E-state index contributed by atoms with van der Waals surface area (Å²) in [5, 5.41) is 9.70. The molecule has 9 heteroatoms. The molecule has 230 valence electrons. The third-order valence-corrected chi connectivity index (χ3v) is 11.4. The Labute approximate surface area is 255 Å². The van der Waals surface area contributed by atoms with Crippen LogP contribution in [-0.2, 0) is 14.4 Å². The fraction of sp³-hybridized carbons (Fsp3) is 0.606. The van der Waals surface area contributed by atoms with Gasteiger partial charge in [0.25, 0.3) is 5.91 Å². The van der Waals surface area contributed by atoms with Gasteiger partial charge in [0.05, 0.1) is 16.6 Å². The van der Waals surface area contributed by atoms with Crippen molar-refractivity contribution in [3.63, 3.8) is 0 Å². The number of aliphatic hydroxyl groups excluding tert-OH is 1. The molecule has 3 aliphatic rings. The third-order valence-electron chi connectivity index (χ3n) is 9.34. The molecule has 3 aliphatic heterocycles. The summed E-state index contributed by atoms with van der Waals surface area (Å²) in [6.07, 6.45) is 5.43. The summed E-state index contributed by atoms with van der Waals surface area (Å²) >= 11 is 1.69. The lowest BCUT2D eigenvalue weighted by atomic mass is 9.65. The van der Waals surface area contributed by atoms with Gasteiger partial charge in [-0.05, 0) is 63.3 Å². The van der Waals surface area contributed by atoms with Gasteiger partial charge in [-0.25, -0.2) is 0 Å². The van der Waals surface area contributed by atoms with Crippen molar-refractivity contribution in [3.05, 3.63) is 49.6 Å². The maximum atomic E-state index is 14.8. The number of carbonyl (C=O) groups excluding carboxylic acids is 3. The highest BCUT2D eigenvalue weighted by Gasteiger charge is 2.76. The molecule has 3 heterocycles. The lowest BCUT2D eigenvalue weighted by Crippen LogP contribution is -2.57. The van der Waals surface area contributed by atoms with Crippen LogP contribution in [0.15, 0.2) is 49.6 Å². The average molecular weight is 597 g/mol. The summed E-state index contributed by atoms with van der Waals surface area (Å²) < 4.78 is -0.707. The molecule has 0 saturated carbocycles. The predicted molar refractivity (Wildman–Crippen MR) is 172 cm³/mol. The molecule has 1 aromatic carbocycles. The molecule has 1 N–H and O–H groups in total. The van der Waals surface area contributed by atoms with Crippen molar-refractivity contribution < 1.29 is 19.5 Å². The van der Waals surface area contributed by atoms with Gasteiger partial charge in [0.15, 0.2) is 0 Å². The van der Waals surface area contributed by atoms with Crippen LogP contribution in [-0.4, -0.2) is 94.5 Å². The summed E-state index contributed by atoms with van der Waals surface area (Å²) in [5.74, 6) is -1.26. The molecule has 42 heavy (non-hydrogen) atoms. The maximum Gasteiger partial charge on any atom is 0.251 e. The molecular formula is C33H48N4O4S. The zero-order valence-electron chi connectivity index (χ0n) is 25.7. The zero-order valence-corrected chi connectivity index (χ0v) is 26.5. The largest absolute Gasteiger partial charge is 0.396 e. The van der Waals surface area contributed by atoms with Gasteiger partial charge < -0.3 is 24.7 Å². The molecule has 3 unspecified atom stereocenters. The zero-order chi connectivity index (χ0) is 30.6. The number of hydrogen-bond donors (Lipinski definition) is 1. The third kappa shape index (κ3) is 5.39. The van der Waals surface area contributed by atoms with E-state index in [0.717, 1.165) is 37.3 Å². The molecular weight excluding hydrogens is 548 g/mol. The van der Waals surface area contributed by atoms with E-state index in [1.807, 2.05) is 36.1 Å². The average Bonchev–Trinajstić information content (AvgIpc) is 3.58. The van der Waals surface area contributed by atoms with Gasteiger partial charge in [-0.2, -0.15) is 0 Å². The van der Waals surface area contributed by atoms with Crippen molar-refractivity contribution in [2.24, 2.45) is 17.8 Å². The van der Waals surface area contributed by atoms with Gasteiger partial charge in [0, 0.05) is 62.5 Å².